The second-order valence-electron chi connectivity index (χ2n) is 5.05. The molecule has 1 aliphatic rings. The van der Waals surface area contributed by atoms with Crippen LogP contribution in [-0.2, 0) is 14.3 Å². The molecule has 1 atom stereocenters. The van der Waals surface area contributed by atoms with Crippen molar-refractivity contribution in [2.75, 3.05) is 26.7 Å². The Labute approximate surface area is 115 Å². The van der Waals surface area contributed by atoms with Crippen LogP contribution in [0, 0.1) is 0 Å². The van der Waals surface area contributed by atoms with E-state index in [0.29, 0.717) is 19.1 Å². The number of nitrogens with zero attached hydrogens (tertiary/aromatic N) is 2. The van der Waals surface area contributed by atoms with Gasteiger partial charge in [0, 0.05) is 32.6 Å². The van der Waals surface area contributed by atoms with Crippen molar-refractivity contribution in [3.8, 4) is 0 Å². The monoisotopic (exact) mass is 270 g/mol. The molecule has 0 saturated carbocycles. The summed E-state index contributed by atoms with van der Waals surface area (Å²) in [5.74, 6) is 0.0378. The molecule has 0 radical (unpaired) electrons. The number of hydrogen-bond donors (Lipinski definition) is 0. The summed E-state index contributed by atoms with van der Waals surface area (Å²) in [6.45, 7) is 7.70. The van der Waals surface area contributed by atoms with E-state index in [0.717, 1.165) is 25.9 Å². The van der Waals surface area contributed by atoms with Gasteiger partial charge in [-0.25, -0.2) is 0 Å². The van der Waals surface area contributed by atoms with Crippen molar-refractivity contribution < 1.29 is 14.3 Å². The molecule has 5 nitrogen and oxygen atoms in total. The third-order valence-electron chi connectivity index (χ3n) is 3.92. The molecule has 0 aromatic carbocycles. The van der Waals surface area contributed by atoms with E-state index in [4.69, 9.17) is 4.74 Å². The fourth-order valence-corrected chi connectivity index (χ4v) is 2.53. The number of piperidine rings is 1. The van der Waals surface area contributed by atoms with Gasteiger partial charge in [0.2, 0.25) is 5.91 Å². The molecular weight excluding hydrogens is 244 g/mol. The summed E-state index contributed by atoms with van der Waals surface area (Å²) < 4.78 is 5.04. The van der Waals surface area contributed by atoms with Gasteiger partial charge in [0.05, 0.1) is 6.61 Å². The summed E-state index contributed by atoms with van der Waals surface area (Å²) in [6, 6.07) is 0.117. The van der Waals surface area contributed by atoms with E-state index in [1.807, 2.05) is 32.7 Å². The summed E-state index contributed by atoms with van der Waals surface area (Å²) >= 11 is 0. The summed E-state index contributed by atoms with van der Waals surface area (Å²) in [5.41, 5.74) is 0. The van der Waals surface area contributed by atoms with Crippen molar-refractivity contribution in [1.82, 2.24) is 9.80 Å². The van der Waals surface area contributed by atoms with E-state index in [1.54, 1.807) is 0 Å². The normalized spacial score (nSPS) is 18.9. The van der Waals surface area contributed by atoms with Crippen molar-refractivity contribution in [3.63, 3.8) is 0 Å². The smallest absolute Gasteiger partial charge is 0.323 e. The van der Waals surface area contributed by atoms with Crippen molar-refractivity contribution in [2.24, 2.45) is 0 Å². The van der Waals surface area contributed by atoms with Gasteiger partial charge in [0.1, 0.15) is 6.04 Å². The number of carbonyl (C=O) groups excluding carboxylic acids is 2. The van der Waals surface area contributed by atoms with Gasteiger partial charge in [-0.2, -0.15) is 0 Å². The van der Waals surface area contributed by atoms with E-state index < -0.39 is 0 Å². The lowest BCUT2D eigenvalue weighted by molar-refractivity contribution is -0.150. The highest BCUT2D eigenvalue weighted by Crippen LogP contribution is 2.18. The molecule has 0 aromatic heterocycles. The molecule has 0 bridgehead atoms. The van der Waals surface area contributed by atoms with Crippen LogP contribution in [-0.4, -0.2) is 60.5 Å². The molecule has 19 heavy (non-hydrogen) atoms. The first kappa shape index (κ1) is 16.0. The lowest BCUT2D eigenvalue weighted by Gasteiger charge is -2.38. The van der Waals surface area contributed by atoms with Crippen molar-refractivity contribution in [2.45, 2.75) is 52.1 Å². The summed E-state index contributed by atoms with van der Waals surface area (Å²) in [6.07, 6.45) is 2.40. The van der Waals surface area contributed by atoms with Crippen LogP contribution in [0.4, 0.5) is 0 Å². The molecule has 1 heterocycles. The Bertz CT molecular complexity index is 312. The highest BCUT2D eigenvalue weighted by Gasteiger charge is 2.29. The average molecular weight is 270 g/mol. The van der Waals surface area contributed by atoms with Crippen LogP contribution in [0.5, 0.6) is 0 Å². The van der Waals surface area contributed by atoms with Gasteiger partial charge in [-0.15, -0.1) is 0 Å². The summed E-state index contributed by atoms with van der Waals surface area (Å²) in [4.78, 5) is 27.3. The minimum absolute atomic E-state index is 0.154. The minimum atomic E-state index is -0.187. The van der Waals surface area contributed by atoms with E-state index in [1.165, 1.54) is 0 Å². The third-order valence-corrected chi connectivity index (χ3v) is 3.92. The van der Waals surface area contributed by atoms with Gasteiger partial charge in [-0.3, -0.25) is 14.5 Å². The zero-order valence-corrected chi connectivity index (χ0v) is 12.5. The van der Waals surface area contributed by atoms with Crippen LogP contribution in [0.15, 0.2) is 0 Å². The Morgan fingerprint density at radius 2 is 1.89 bits per heavy atom. The maximum absolute atomic E-state index is 11.7. The zero-order chi connectivity index (χ0) is 14.4. The molecule has 0 N–H and O–H groups in total. The number of likely N-dealkylation sites (tertiary alicyclic amines) is 1. The molecule has 5 heteroatoms. The fraction of sp³-hybridized carbons (Fsp3) is 0.857. The topological polar surface area (TPSA) is 49.9 Å². The maximum Gasteiger partial charge on any atom is 0.323 e. The Balaban J connectivity index is 2.44. The average Bonchev–Trinajstić information content (AvgIpc) is 2.45. The first-order valence-electron chi connectivity index (χ1n) is 7.17. The highest BCUT2D eigenvalue weighted by molar-refractivity contribution is 5.76. The lowest BCUT2D eigenvalue weighted by Crippen LogP contribution is -2.50. The highest BCUT2D eigenvalue weighted by atomic mass is 16.5. The van der Waals surface area contributed by atoms with Crippen LogP contribution in [0.1, 0.15) is 40.0 Å². The summed E-state index contributed by atoms with van der Waals surface area (Å²) in [7, 11) is 1.88. The SMILES string of the molecule is CCOC(=O)C(C)N1CCC(N(C)C(=O)CC)CC1. The standard InChI is InChI=1S/C14H26N2O3/c1-5-13(17)15(4)12-7-9-16(10-8-12)11(3)14(18)19-6-2/h11-12H,5-10H2,1-4H3. The van der Waals surface area contributed by atoms with E-state index in [-0.39, 0.29) is 17.9 Å². The Morgan fingerprint density at radius 3 is 2.37 bits per heavy atom. The third kappa shape index (κ3) is 4.20. The second kappa shape index (κ2) is 7.48. The molecule has 1 aliphatic heterocycles. The largest absolute Gasteiger partial charge is 0.465 e. The molecular formula is C14H26N2O3. The van der Waals surface area contributed by atoms with Gasteiger partial charge in [-0.05, 0) is 26.7 Å². The van der Waals surface area contributed by atoms with Gasteiger partial charge >= 0.3 is 5.97 Å². The number of ether oxygens (including phenoxy) is 1. The molecule has 1 fully saturated rings. The maximum atomic E-state index is 11.7. The zero-order valence-electron chi connectivity index (χ0n) is 12.5. The number of rotatable bonds is 5. The van der Waals surface area contributed by atoms with E-state index in [2.05, 4.69) is 4.90 Å². The Morgan fingerprint density at radius 1 is 1.32 bits per heavy atom. The molecule has 0 spiro atoms. The van der Waals surface area contributed by atoms with E-state index in [9.17, 15) is 9.59 Å². The van der Waals surface area contributed by atoms with Crippen LogP contribution in [0.25, 0.3) is 0 Å². The lowest BCUT2D eigenvalue weighted by atomic mass is 10.0. The molecule has 1 amide bonds. The molecule has 110 valence electrons. The van der Waals surface area contributed by atoms with Crippen molar-refractivity contribution in [1.29, 1.82) is 0 Å². The van der Waals surface area contributed by atoms with Gasteiger partial charge < -0.3 is 9.64 Å². The van der Waals surface area contributed by atoms with E-state index >= 15 is 0 Å². The molecule has 0 aliphatic carbocycles. The van der Waals surface area contributed by atoms with Gasteiger partial charge in [0.25, 0.3) is 0 Å². The fourth-order valence-electron chi connectivity index (χ4n) is 2.53. The first-order chi connectivity index (χ1) is 9.01. The van der Waals surface area contributed by atoms with Crippen molar-refractivity contribution in [3.05, 3.63) is 0 Å². The molecule has 1 rings (SSSR count). The Kier molecular flexibility index (Phi) is 6.28. The van der Waals surface area contributed by atoms with Gasteiger partial charge in [0.15, 0.2) is 0 Å². The number of carbonyl (C=O) groups is 2. The predicted molar refractivity (Wildman–Crippen MR) is 73.8 cm³/mol. The predicted octanol–water partition coefficient (Wildman–Crippen LogP) is 1.27. The number of amides is 1. The Hall–Kier alpha value is -1.10. The van der Waals surface area contributed by atoms with Crippen LogP contribution in [0.3, 0.4) is 0 Å². The van der Waals surface area contributed by atoms with Crippen LogP contribution < -0.4 is 0 Å². The molecule has 1 saturated heterocycles. The van der Waals surface area contributed by atoms with Crippen LogP contribution >= 0.6 is 0 Å². The van der Waals surface area contributed by atoms with Crippen molar-refractivity contribution >= 4 is 11.9 Å². The first-order valence-corrected chi connectivity index (χ1v) is 7.17. The minimum Gasteiger partial charge on any atom is -0.465 e. The quantitative estimate of drug-likeness (QED) is 0.706. The molecule has 1 unspecified atom stereocenters. The number of hydrogen-bond acceptors (Lipinski definition) is 4. The number of esters is 1. The van der Waals surface area contributed by atoms with Crippen LogP contribution in [0.2, 0.25) is 0 Å². The van der Waals surface area contributed by atoms with Gasteiger partial charge in [-0.1, -0.05) is 6.92 Å². The molecule has 0 aromatic rings. The second-order valence-corrected chi connectivity index (χ2v) is 5.05. The summed E-state index contributed by atoms with van der Waals surface area (Å²) in [5, 5.41) is 0.